The van der Waals surface area contributed by atoms with Crippen LogP contribution >= 0.6 is 11.6 Å². The monoisotopic (exact) mass is 290 g/mol. The minimum atomic E-state index is -3.61. The molecule has 2 heterocycles. The van der Waals surface area contributed by atoms with Crippen molar-refractivity contribution in [2.45, 2.75) is 24.3 Å². The largest absolute Gasteiger partial charge is 0.393 e. The Balaban J connectivity index is 2.26. The molecule has 2 unspecified atom stereocenters. The number of halogens is 1. The molecule has 0 bridgehead atoms. The van der Waals surface area contributed by atoms with Gasteiger partial charge in [-0.25, -0.2) is 13.4 Å². The van der Waals surface area contributed by atoms with Crippen LogP contribution in [-0.2, 0) is 10.0 Å². The highest BCUT2D eigenvalue weighted by molar-refractivity contribution is 7.89. The molecule has 1 aromatic rings. The minimum Gasteiger partial charge on any atom is -0.393 e. The van der Waals surface area contributed by atoms with E-state index in [1.54, 1.807) is 13.0 Å². The lowest BCUT2D eigenvalue weighted by atomic mass is 10.0. The van der Waals surface area contributed by atoms with Crippen molar-refractivity contribution in [2.75, 3.05) is 13.1 Å². The molecular formula is C11H15ClN2O3S. The van der Waals surface area contributed by atoms with E-state index < -0.39 is 16.1 Å². The lowest BCUT2D eigenvalue weighted by molar-refractivity contribution is 0.133. The summed E-state index contributed by atoms with van der Waals surface area (Å²) in [6, 6.07) is 2.99. The third-order valence-electron chi connectivity index (χ3n) is 3.21. The highest BCUT2D eigenvalue weighted by Crippen LogP contribution is 2.28. The first kappa shape index (κ1) is 13.7. The average Bonchev–Trinajstić information content (AvgIpc) is 2.79. The Bertz CT molecular complexity index is 533. The normalized spacial score (nSPS) is 23.2. The summed E-state index contributed by atoms with van der Waals surface area (Å²) < 4.78 is 26.0. The van der Waals surface area contributed by atoms with E-state index in [1.807, 2.05) is 0 Å². The van der Waals surface area contributed by atoms with Gasteiger partial charge in [0.05, 0.1) is 6.10 Å². The zero-order valence-corrected chi connectivity index (χ0v) is 11.5. The Hall–Kier alpha value is -0.690. The molecule has 1 aliphatic rings. The van der Waals surface area contributed by atoms with Crippen molar-refractivity contribution in [1.82, 2.24) is 9.29 Å². The van der Waals surface area contributed by atoms with Crippen LogP contribution in [0.2, 0.25) is 5.15 Å². The van der Waals surface area contributed by atoms with Crippen LogP contribution in [-0.4, -0.2) is 42.0 Å². The smallest absolute Gasteiger partial charge is 0.246 e. The van der Waals surface area contributed by atoms with Gasteiger partial charge in [0, 0.05) is 19.3 Å². The van der Waals surface area contributed by atoms with Gasteiger partial charge in [-0.1, -0.05) is 11.6 Å². The van der Waals surface area contributed by atoms with E-state index in [0.29, 0.717) is 19.5 Å². The molecule has 7 heteroatoms. The van der Waals surface area contributed by atoms with Gasteiger partial charge in [-0.3, -0.25) is 0 Å². The Labute approximate surface area is 111 Å². The average molecular weight is 291 g/mol. The number of aliphatic hydroxyl groups excluding tert-OH is 1. The van der Waals surface area contributed by atoms with E-state index in [1.165, 1.54) is 16.6 Å². The number of hydrogen-bond acceptors (Lipinski definition) is 4. The van der Waals surface area contributed by atoms with Crippen LogP contribution in [0.3, 0.4) is 0 Å². The Morgan fingerprint density at radius 3 is 2.89 bits per heavy atom. The summed E-state index contributed by atoms with van der Waals surface area (Å²) >= 11 is 5.82. The number of nitrogens with zero attached hydrogens (tertiary/aromatic N) is 2. The molecule has 18 heavy (non-hydrogen) atoms. The third kappa shape index (κ3) is 2.51. The Morgan fingerprint density at radius 1 is 1.61 bits per heavy atom. The van der Waals surface area contributed by atoms with E-state index in [0.717, 1.165) is 0 Å². The summed E-state index contributed by atoms with van der Waals surface area (Å²) in [5, 5.41) is 9.49. The maximum atomic E-state index is 12.3. The van der Waals surface area contributed by atoms with Crippen LogP contribution in [0, 0.1) is 5.92 Å². The van der Waals surface area contributed by atoms with E-state index >= 15 is 0 Å². The number of aromatic nitrogens is 1. The van der Waals surface area contributed by atoms with Gasteiger partial charge in [0.15, 0.2) is 0 Å². The lowest BCUT2D eigenvalue weighted by Crippen LogP contribution is -2.30. The van der Waals surface area contributed by atoms with Gasteiger partial charge in [-0.15, -0.1) is 0 Å². The predicted molar refractivity (Wildman–Crippen MR) is 67.8 cm³/mol. The van der Waals surface area contributed by atoms with Gasteiger partial charge in [-0.2, -0.15) is 4.31 Å². The summed E-state index contributed by atoms with van der Waals surface area (Å²) in [5.74, 6) is -0.0183. The molecule has 1 saturated heterocycles. The second-order valence-corrected chi connectivity index (χ2v) is 6.71. The van der Waals surface area contributed by atoms with Crippen LogP contribution in [0.25, 0.3) is 0 Å². The molecule has 1 N–H and O–H groups in total. The van der Waals surface area contributed by atoms with Crippen molar-refractivity contribution in [3.63, 3.8) is 0 Å². The number of hydrogen-bond donors (Lipinski definition) is 1. The van der Waals surface area contributed by atoms with Gasteiger partial charge in [0.1, 0.15) is 10.0 Å². The fourth-order valence-corrected chi connectivity index (χ4v) is 4.01. The molecule has 2 rings (SSSR count). The summed E-state index contributed by atoms with van der Waals surface area (Å²) in [6.45, 7) is 2.41. The van der Waals surface area contributed by atoms with Crippen LogP contribution < -0.4 is 0 Å². The minimum absolute atomic E-state index is 0.0157. The second-order valence-electron chi connectivity index (χ2n) is 4.44. The molecule has 0 spiro atoms. The molecule has 0 saturated carbocycles. The predicted octanol–water partition coefficient (Wildman–Crippen LogP) is 1.13. The first-order valence-corrected chi connectivity index (χ1v) is 7.53. The fraction of sp³-hybridized carbons (Fsp3) is 0.545. The zero-order chi connectivity index (χ0) is 13.3. The van der Waals surface area contributed by atoms with Gasteiger partial charge >= 0.3 is 0 Å². The first-order valence-electron chi connectivity index (χ1n) is 5.71. The lowest BCUT2D eigenvalue weighted by Gasteiger charge is -2.18. The summed E-state index contributed by atoms with van der Waals surface area (Å²) in [6.07, 6.45) is 1.60. The topological polar surface area (TPSA) is 70.5 Å². The van der Waals surface area contributed by atoms with Crippen molar-refractivity contribution in [1.29, 1.82) is 0 Å². The molecule has 1 aliphatic heterocycles. The van der Waals surface area contributed by atoms with Gasteiger partial charge in [0.2, 0.25) is 10.0 Å². The van der Waals surface area contributed by atoms with Crippen molar-refractivity contribution in [3.05, 3.63) is 23.5 Å². The number of aliphatic hydroxyl groups is 1. The number of pyridine rings is 1. The van der Waals surface area contributed by atoms with Gasteiger partial charge in [-0.05, 0) is 31.4 Å². The Kier molecular flexibility index (Phi) is 3.91. The molecule has 0 aromatic carbocycles. The van der Waals surface area contributed by atoms with Crippen molar-refractivity contribution in [2.24, 2.45) is 5.92 Å². The molecular weight excluding hydrogens is 276 g/mol. The van der Waals surface area contributed by atoms with Gasteiger partial charge < -0.3 is 5.11 Å². The summed E-state index contributed by atoms with van der Waals surface area (Å²) in [7, 11) is -3.61. The van der Waals surface area contributed by atoms with Gasteiger partial charge in [0.25, 0.3) is 0 Å². The molecule has 0 aliphatic carbocycles. The maximum absolute atomic E-state index is 12.3. The highest BCUT2D eigenvalue weighted by Gasteiger charge is 2.35. The van der Waals surface area contributed by atoms with Crippen LogP contribution in [0.15, 0.2) is 23.2 Å². The van der Waals surface area contributed by atoms with Crippen molar-refractivity contribution >= 4 is 21.6 Å². The zero-order valence-electron chi connectivity index (χ0n) is 9.95. The number of sulfonamides is 1. The SMILES string of the molecule is CC(O)C1CCN(S(=O)(=O)c2cccnc2Cl)C1. The molecule has 100 valence electrons. The van der Waals surface area contributed by atoms with Crippen LogP contribution in [0.4, 0.5) is 0 Å². The van der Waals surface area contributed by atoms with Crippen LogP contribution in [0.5, 0.6) is 0 Å². The maximum Gasteiger partial charge on any atom is 0.246 e. The van der Waals surface area contributed by atoms with Crippen LogP contribution in [0.1, 0.15) is 13.3 Å². The molecule has 0 amide bonds. The molecule has 1 aromatic heterocycles. The standard InChI is InChI=1S/C11H15ClN2O3S/c1-8(15)9-4-6-14(7-9)18(16,17)10-3-2-5-13-11(10)12/h2-3,5,8-9,15H,4,6-7H2,1H3. The highest BCUT2D eigenvalue weighted by atomic mass is 35.5. The van der Waals surface area contributed by atoms with E-state index in [9.17, 15) is 13.5 Å². The molecule has 5 nitrogen and oxygen atoms in total. The number of rotatable bonds is 3. The fourth-order valence-electron chi connectivity index (χ4n) is 2.07. The molecule has 2 atom stereocenters. The Morgan fingerprint density at radius 2 is 2.33 bits per heavy atom. The first-order chi connectivity index (χ1) is 8.43. The quantitative estimate of drug-likeness (QED) is 0.847. The van der Waals surface area contributed by atoms with Crippen molar-refractivity contribution in [3.8, 4) is 0 Å². The molecule has 1 fully saturated rings. The van der Waals surface area contributed by atoms with E-state index in [2.05, 4.69) is 4.98 Å². The van der Waals surface area contributed by atoms with E-state index in [4.69, 9.17) is 11.6 Å². The molecule has 0 radical (unpaired) electrons. The van der Waals surface area contributed by atoms with E-state index in [-0.39, 0.29) is 16.0 Å². The third-order valence-corrected chi connectivity index (χ3v) is 5.52. The second kappa shape index (κ2) is 5.13. The van der Waals surface area contributed by atoms with Crippen molar-refractivity contribution < 1.29 is 13.5 Å². The summed E-state index contributed by atoms with van der Waals surface area (Å²) in [5.41, 5.74) is 0. The summed E-state index contributed by atoms with van der Waals surface area (Å²) in [4.78, 5) is 3.81.